The van der Waals surface area contributed by atoms with Crippen LogP contribution in [0.25, 0.3) is 0 Å². The minimum atomic E-state index is 0.634. The summed E-state index contributed by atoms with van der Waals surface area (Å²) in [7, 11) is 1.95. The van der Waals surface area contributed by atoms with Crippen LogP contribution >= 0.6 is 0 Å². The van der Waals surface area contributed by atoms with Crippen molar-refractivity contribution in [2.45, 2.75) is 78.6 Å². The van der Waals surface area contributed by atoms with Gasteiger partial charge in [-0.05, 0) is 25.2 Å². The smallest absolute Gasteiger partial charge is 0.124 e. The van der Waals surface area contributed by atoms with E-state index < -0.39 is 0 Å². The zero-order valence-electron chi connectivity index (χ0n) is 13.9. The van der Waals surface area contributed by atoms with Gasteiger partial charge in [0.25, 0.3) is 0 Å². The van der Waals surface area contributed by atoms with Gasteiger partial charge in [-0.2, -0.15) is 5.10 Å². The van der Waals surface area contributed by atoms with Crippen molar-refractivity contribution in [2.75, 3.05) is 5.73 Å². The fourth-order valence-corrected chi connectivity index (χ4v) is 2.72. The third-order valence-corrected chi connectivity index (χ3v) is 3.91. The number of aryl methyl sites for hydroxylation is 2. The lowest BCUT2D eigenvalue weighted by Gasteiger charge is -2.06. The molecule has 0 spiro atoms. The summed E-state index contributed by atoms with van der Waals surface area (Å²) < 4.78 is 1.84. The molecule has 0 fully saturated rings. The van der Waals surface area contributed by atoms with Gasteiger partial charge in [0.1, 0.15) is 5.82 Å². The molecule has 0 saturated carbocycles. The van der Waals surface area contributed by atoms with Crippen LogP contribution in [0.4, 0.5) is 5.82 Å². The van der Waals surface area contributed by atoms with Gasteiger partial charge in [0.05, 0.1) is 5.69 Å². The predicted octanol–water partition coefficient (Wildman–Crippen LogP) is 4.49. The summed E-state index contributed by atoms with van der Waals surface area (Å²) in [5.41, 5.74) is 8.65. The topological polar surface area (TPSA) is 43.8 Å². The van der Waals surface area contributed by atoms with Crippen LogP contribution in [-0.2, 0) is 19.9 Å². The van der Waals surface area contributed by atoms with Crippen molar-refractivity contribution < 1.29 is 0 Å². The van der Waals surface area contributed by atoms with Crippen molar-refractivity contribution in [1.29, 1.82) is 0 Å². The first-order chi connectivity index (χ1) is 9.56. The molecule has 116 valence electrons. The Morgan fingerprint density at radius 3 is 2.25 bits per heavy atom. The van der Waals surface area contributed by atoms with E-state index in [9.17, 15) is 0 Å². The first-order valence-electron chi connectivity index (χ1n) is 8.36. The number of aromatic nitrogens is 2. The molecule has 0 saturated heterocycles. The van der Waals surface area contributed by atoms with Crippen molar-refractivity contribution in [1.82, 2.24) is 9.78 Å². The number of unbranched alkanes of at least 4 members (excludes halogenated alkanes) is 6. The van der Waals surface area contributed by atoms with Crippen LogP contribution in [0.2, 0.25) is 0 Å². The Bertz CT molecular complexity index is 380. The molecule has 3 nitrogen and oxygen atoms in total. The predicted molar refractivity (Wildman–Crippen MR) is 87.9 cm³/mol. The SMILES string of the molecule is CCCCCCCCCc1nn(C)c(N)c1CC(C)C. The highest BCUT2D eigenvalue weighted by Gasteiger charge is 2.14. The molecule has 1 rings (SSSR count). The molecule has 0 aliphatic rings. The summed E-state index contributed by atoms with van der Waals surface area (Å²) in [4.78, 5) is 0. The molecule has 0 unspecified atom stereocenters. The van der Waals surface area contributed by atoms with Crippen LogP contribution in [0.5, 0.6) is 0 Å². The second-order valence-corrected chi connectivity index (χ2v) is 6.40. The normalized spacial score (nSPS) is 11.4. The number of rotatable bonds is 10. The zero-order chi connectivity index (χ0) is 15.0. The molecule has 3 heteroatoms. The fraction of sp³-hybridized carbons (Fsp3) is 0.824. The quantitative estimate of drug-likeness (QED) is 0.641. The first-order valence-corrected chi connectivity index (χ1v) is 8.36. The minimum Gasteiger partial charge on any atom is -0.384 e. The molecule has 0 aromatic carbocycles. The van der Waals surface area contributed by atoms with Crippen LogP contribution in [0.15, 0.2) is 0 Å². The highest BCUT2D eigenvalue weighted by atomic mass is 15.3. The first kappa shape index (κ1) is 17.1. The number of anilines is 1. The van der Waals surface area contributed by atoms with Crippen LogP contribution in [-0.4, -0.2) is 9.78 Å². The van der Waals surface area contributed by atoms with E-state index in [0.717, 1.165) is 18.7 Å². The standard InChI is InChI=1S/C17H33N3/c1-5-6-7-8-9-10-11-12-16-15(13-14(2)3)17(18)20(4)19-16/h14H,5-13,18H2,1-4H3. The second kappa shape index (κ2) is 9.04. The van der Waals surface area contributed by atoms with Crippen LogP contribution in [0, 0.1) is 5.92 Å². The van der Waals surface area contributed by atoms with Gasteiger partial charge < -0.3 is 5.73 Å². The highest BCUT2D eigenvalue weighted by Crippen LogP contribution is 2.22. The summed E-state index contributed by atoms with van der Waals surface area (Å²) >= 11 is 0. The summed E-state index contributed by atoms with van der Waals surface area (Å²) in [5.74, 6) is 1.49. The minimum absolute atomic E-state index is 0.634. The van der Waals surface area contributed by atoms with E-state index in [1.807, 2.05) is 11.7 Å². The average Bonchev–Trinajstić information content (AvgIpc) is 2.65. The van der Waals surface area contributed by atoms with E-state index >= 15 is 0 Å². The van der Waals surface area contributed by atoms with E-state index in [4.69, 9.17) is 5.73 Å². The van der Waals surface area contributed by atoms with Gasteiger partial charge in [0.2, 0.25) is 0 Å². The van der Waals surface area contributed by atoms with Crippen molar-refractivity contribution in [3.8, 4) is 0 Å². The molecule has 2 N–H and O–H groups in total. The third-order valence-electron chi connectivity index (χ3n) is 3.91. The van der Waals surface area contributed by atoms with Crippen molar-refractivity contribution >= 4 is 5.82 Å². The summed E-state index contributed by atoms with van der Waals surface area (Å²) in [6.07, 6.45) is 11.5. The molecule has 0 amide bonds. The van der Waals surface area contributed by atoms with E-state index in [2.05, 4.69) is 25.9 Å². The van der Waals surface area contributed by atoms with Crippen LogP contribution in [0.3, 0.4) is 0 Å². The molecule has 1 aromatic rings. The van der Waals surface area contributed by atoms with Gasteiger partial charge in [0, 0.05) is 12.6 Å². The highest BCUT2D eigenvalue weighted by molar-refractivity contribution is 5.43. The molecule has 20 heavy (non-hydrogen) atoms. The Morgan fingerprint density at radius 1 is 1.05 bits per heavy atom. The van der Waals surface area contributed by atoms with E-state index in [0.29, 0.717) is 5.92 Å². The van der Waals surface area contributed by atoms with Gasteiger partial charge in [-0.1, -0.05) is 59.3 Å². The Morgan fingerprint density at radius 2 is 1.65 bits per heavy atom. The Hall–Kier alpha value is -0.990. The van der Waals surface area contributed by atoms with E-state index in [1.54, 1.807) is 0 Å². The lowest BCUT2D eigenvalue weighted by atomic mass is 9.99. The monoisotopic (exact) mass is 279 g/mol. The molecule has 0 aliphatic heterocycles. The van der Waals surface area contributed by atoms with Gasteiger partial charge in [-0.3, -0.25) is 4.68 Å². The van der Waals surface area contributed by atoms with Crippen LogP contribution < -0.4 is 5.73 Å². The van der Waals surface area contributed by atoms with Crippen molar-refractivity contribution in [3.05, 3.63) is 11.3 Å². The number of hydrogen-bond donors (Lipinski definition) is 1. The summed E-state index contributed by atoms with van der Waals surface area (Å²) in [6, 6.07) is 0. The zero-order valence-corrected chi connectivity index (χ0v) is 13.9. The molecule has 0 bridgehead atoms. The van der Waals surface area contributed by atoms with Gasteiger partial charge in [-0.25, -0.2) is 0 Å². The third kappa shape index (κ3) is 5.56. The largest absolute Gasteiger partial charge is 0.384 e. The van der Waals surface area contributed by atoms with E-state index in [-0.39, 0.29) is 0 Å². The van der Waals surface area contributed by atoms with Gasteiger partial charge in [0.15, 0.2) is 0 Å². The van der Waals surface area contributed by atoms with Crippen molar-refractivity contribution in [2.24, 2.45) is 13.0 Å². The van der Waals surface area contributed by atoms with Gasteiger partial charge in [-0.15, -0.1) is 0 Å². The maximum atomic E-state index is 6.14. The van der Waals surface area contributed by atoms with Crippen molar-refractivity contribution in [3.63, 3.8) is 0 Å². The second-order valence-electron chi connectivity index (χ2n) is 6.40. The summed E-state index contributed by atoms with van der Waals surface area (Å²) in [5, 5.41) is 4.60. The molecular formula is C17H33N3. The number of nitrogen functional groups attached to an aromatic ring is 1. The number of hydrogen-bond acceptors (Lipinski definition) is 2. The summed E-state index contributed by atoms with van der Waals surface area (Å²) in [6.45, 7) is 6.75. The lowest BCUT2D eigenvalue weighted by molar-refractivity contribution is 0.582. The fourth-order valence-electron chi connectivity index (χ4n) is 2.72. The maximum absolute atomic E-state index is 6.14. The van der Waals surface area contributed by atoms with Crippen LogP contribution in [0.1, 0.15) is 77.0 Å². The Balaban J connectivity index is 2.37. The molecular weight excluding hydrogens is 246 g/mol. The van der Waals surface area contributed by atoms with Gasteiger partial charge >= 0.3 is 0 Å². The number of nitrogens with two attached hydrogens (primary N) is 1. The molecule has 0 radical (unpaired) electrons. The molecule has 0 atom stereocenters. The maximum Gasteiger partial charge on any atom is 0.124 e. The molecule has 1 heterocycles. The number of nitrogens with zero attached hydrogens (tertiary/aromatic N) is 2. The Kier molecular flexibility index (Phi) is 7.71. The lowest BCUT2D eigenvalue weighted by Crippen LogP contribution is -2.02. The Labute approximate surface area is 124 Å². The molecule has 1 aromatic heterocycles. The van der Waals surface area contributed by atoms with E-state index in [1.165, 1.54) is 56.2 Å². The average molecular weight is 279 g/mol. The molecule has 0 aliphatic carbocycles.